The molecule has 0 aromatic heterocycles. The summed E-state index contributed by atoms with van der Waals surface area (Å²) in [4.78, 5) is 14.8. The molecule has 1 amide bonds. The monoisotopic (exact) mass is 387 g/mol. The summed E-state index contributed by atoms with van der Waals surface area (Å²) in [7, 11) is -3.72. The van der Waals surface area contributed by atoms with Crippen molar-refractivity contribution >= 4 is 15.9 Å². The Labute approximate surface area is 160 Å². The van der Waals surface area contributed by atoms with Gasteiger partial charge in [-0.15, -0.1) is 0 Å². The van der Waals surface area contributed by atoms with Gasteiger partial charge in [-0.25, -0.2) is 13.1 Å². The second-order valence-electron chi connectivity index (χ2n) is 6.82. The molecule has 0 radical (unpaired) electrons. The molecular weight excluding hydrogens is 362 g/mol. The molecule has 1 atom stereocenters. The maximum absolute atomic E-state index is 13.0. The van der Waals surface area contributed by atoms with Gasteiger partial charge in [0.15, 0.2) is 0 Å². The average molecular weight is 388 g/mol. The number of amides is 1. The predicted molar refractivity (Wildman–Crippen MR) is 105 cm³/mol. The summed E-state index contributed by atoms with van der Waals surface area (Å²) in [6.07, 6.45) is 1.81. The van der Waals surface area contributed by atoms with Gasteiger partial charge in [0.2, 0.25) is 10.0 Å². The number of sulfonamides is 1. The first kappa shape index (κ1) is 19.5. The molecule has 1 heterocycles. The zero-order valence-electron chi connectivity index (χ0n) is 15.4. The SMILES string of the molecule is Cc1ccc(S(=O)(=O)NCc2ccccc2)cc1C(=O)N1CCCC1CN. The Balaban J connectivity index is 1.82. The van der Waals surface area contributed by atoms with Gasteiger partial charge in [-0.1, -0.05) is 36.4 Å². The topological polar surface area (TPSA) is 92.5 Å². The average Bonchev–Trinajstić information content (AvgIpc) is 3.16. The van der Waals surface area contributed by atoms with E-state index < -0.39 is 10.0 Å². The number of likely N-dealkylation sites (tertiary alicyclic amines) is 1. The predicted octanol–water partition coefficient (Wildman–Crippen LogP) is 2.04. The van der Waals surface area contributed by atoms with Gasteiger partial charge < -0.3 is 10.6 Å². The van der Waals surface area contributed by atoms with Crippen LogP contribution < -0.4 is 10.5 Å². The fraction of sp³-hybridized carbons (Fsp3) is 0.350. The maximum atomic E-state index is 13.0. The Hall–Kier alpha value is -2.22. The third-order valence-corrected chi connectivity index (χ3v) is 6.37. The van der Waals surface area contributed by atoms with Crippen LogP contribution >= 0.6 is 0 Å². The highest BCUT2D eigenvalue weighted by molar-refractivity contribution is 7.89. The summed E-state index contributed by atoms with van der Waals surface area (Å²) in [5.74, 6) is -0.152. The fourth-order valence-electron chi connectivity index (χ4n) is 3.36. The Morgan fingerprint density at radius 2 is 1.96 bits per heavy atom. The Morgan fingerprint density at radius 3 is 2.67 bits per heavy atom. The van der Waals surface area contributed by atoms with E-state index in [1.165, 1.54) is 12.1 Å². The first-order valence-electron chi connectivity index (χ1n) is 9.07. The highest BCUT2D eigenvalue weighted by Gasteiger charge is 2.29. The normalized spacial score (nSPS) is 17.3. The zero-order valence-corrected chi connectivity index (χ0v) is 16.2. The highest BCUT2D eigenvalue weighted by atomic mass is 32.2. The van der Waals surface area contributed by atoms with E-state index in [1.807, 2.05) is 37.3 Å². The van der Waals surface area contributed by atoms with Crippen molar-refractivity contribution in [1.29, 1.82) is 0 Å². The zero-order chi connectivity index (χ0) is 19.4. The van der Waals surface area contributed by atoms with Crippen molar-refractivity contribution in [2.75, 3.05) is 13.1 Å². The lowest BCUT2D eigenvalue weighted by Gasteiger charge is -2.24. The maximum Gasteiger partial charge on any atom is 0.254 e. The van der Waals surface area contributed by atoms with Gasteiger partial charge in [-0.3, -0.25) is 4.79 Å². The lowest BCUT2D eigenvalue weighted by Crippen LogP contribution is -2.40. The van der Waals surface area contributed by atoms with Crippen LogP contribution in [0.5, 0.6) is 0 Å². The van der Waals surface area contributed by atoms with Crippen LogP contribution in [0.1, 0.15) is 34.3 Å². The number of benzene rings is 2. The number of nitrogens with zero attached hydrogens (tertiary/aromatic N) is 1. The summed E-state index contributed by atoms with van der Waals surface area (Å²) in [5.41, 5.74) is 7.81. The molecule has 6 nitrogen and oxygen atoms in total. The standard InChI is InChI=1S/C20H25N3O3S/c1-15-9-10-18(27(25,26)22-14-16-6-3-2-4-7-16)12-19(15)20(24)23-11-5-8-17(23)13-21/h2-4,6-7,9-10,12,17,22H,5,8,11,13-14,21H2,1H3. The van der Waals surface area contributed by atoms with Crippen LogP contribution in [0, 0.1) is 6.92 Å². The molecule has 2 aromatic rings. The molecule has 1 aliphatic heterocycles. The molecule has 0 spiro atoms. The Morgan fingerprint density at radius 1 is 1.22 bits per heavy atom. The first-order valence-corrected chi connectivity index (χ1v) is 10.6. The van der Waals surface area contributed by atoms with Crippen molar-refractivity contribution in [2.24, 2.45) is 5.73 Å². The molecule has 3 rings (SSSR count). The van der Waals surface area contributed by atoms with Gasteiger partial charge >= 0.3 is 0 Å². The third-order valence-electron chi connectivity index (χ3n) is 4.97. The van der Waals surface area contributed by atoms with E-state index in [9.17, 15) is 13.2 Å². The van der Waals surface area contributed by atoms with Crippen molar-refractivity contribution in [2.45, 2.75) is 37.2 Å². The lowest BCUT2D eigenvalue weighted by molar-refractivity contribution is 0.0740. The molecule has 0 bridgehead atoms. The number of carbonyl (C=O) groups excluding carboxylic acids is 1. The molecule has 27 heavy (non-hydrogen) atoms. The number of hydrogen-bond donors (Lipinski definition) is 2. The molecule has 7 heteroatoms. The quantitative estimate of drug-likeness (QED) is 0.793. The van der Waals surface area contributed by atoms with E-state index in [0.717, 1.165) is 24.0 Å². The largest absolute Gasteiger partial charge is 0.334 e. The summed E-state index contributed by atoms with van der Waals surface area (Å²) in [6, 6.07) is 14.0. The van der Waals surface area contributed by atoms with Crippen molar-refractivity contribution in [3.05, 3.63) is 65.2 Å². The molecule has 0 aliphatic carbocycles. The Bertz CT molecular complexity index is 913. The van der Waals surface area contributed by atoms with Crippen molar-refractivity contribution in [3.63, 3.8) is 0 Å². The van der Waals surface area contributed by atoms with E-state index in [4.69, 9.17) is 5.73 Å². The van der Waals surface area contributed by atoms with Crippen LogP contribution in [-0.4, -0.2) is 38.4 Å². The second kappa shape index (κ2) is 8.21. The molecule has 144 valence electrons. The van der Waals surface area contributed by atoms with Gasteiger partial charge in [-0.2, -0.15) is 0 Å². The van der Waals surface area contributed by atoms with Crippen molar-refractivity contribution in [3.8, 4) is 0 Å². The summed E-state index contributed by atoms with van der Waals surface area (Å²) < 4.78 is 27.9. The molecule has 1 saturated heterocycles. The van der Waals surface area contributed by atoms with Crippen LogP contribution in [0.4, 0.5) is 0 Å². The first-order chi connectivity index (χ1) is 12.9. The number of nitrogens with two attached hydrogens (primary N) is 1. The number of aryl methyl sites for hydroxylation is 1. The molecule has 2 aromatic carbocycles. The van der Waals surface area contributed by atoms with Gasteiger partial charge in [-0.05, 0) is 43.0 Å². The second-order valence-corrected chi connectivity index (χ2v) is 8.58. The molecule has 1 unspecified atom stereocenters. The number of rotatable bonds is 6. The van der Waals surface area contributed by atoms with Crippen LogP contribution in [0.2, 0.25) is 0 Å². The summed E-state index contributed by atoms with van der Waals surface area (Å²) >= 11 is 0. The van der Waals surface area contributed by atoms with E-state index >= 15 is 0 Å². The van der Waals surface area contributed by atoms with Crippen LogP contribution in [0.3, 0.4) is 0 Å². The fourth-order valence-corrected chi connectivity index (χ4v) is 4.40. The van der Waals surface area contributed by atoms with Gasteiger partial charge in [0, 0.05) is 31.2 Å². The lowest BCUT2D eigenvalue weighted by atomic mass is 10.1. The molecular formula is C20H25N3O3S. The molecule has 1 aliphatic rings. The third kappa shape index (κ3) is 4.37. The van der Waals surface area contributed by atoms with E-state index in [-0.39, 0.29) is 23.4 Å². The minimum absolute atomic E-state index is 0.0216. The van der Waals surface area contributed by atoms with Crippen LogP contribution in [0.25, 0.3) is 0 Å². The molecule has 1 fully saturated rings. The van der Waals surface area contributed by atoms with E-state index in [1.54, 1.807) is 11.0 Å². The highest BCUT2D eigenvalue weighted by Crippen LogP contribution is 2.23. The molecule has 3 N–H and O–H groups in total. The van der Waals surface area contributed by atoms with Crippen LogP contribution in [-0.2, 0) is 16.6 Å². The van der Waals surface area contributed by atoms with E-state index in [0.29, 0.717) is 18.7 Å². The van der Waals surface area contributed by atoms with Crippen molar-refractivity contribution in [1.82, 2.24) is 9.62 Å². The Kier molecular flexibility index (Phi) is 5.94. The smallest absolute Gasteiger partial charge is 0.254 e. The summed E-state index contributed by atoms with van der Waals surface area (Å²) in [5, 5.41) is 0. The number of hydrogen-bond acceptors (Lipinski definition) is 4. The van der Waals surface area contributed by atoms with E-state index in [2.05, 4.69) is 4.72 Å². The minimum atomic E-state index is -3.72. The van der Waals surface area contributed by atoms with Gasteiger partial charge in [0.05, 0.1) is 4.90 Å². The molecule has 0 saturated carbocycles. The minimum Gasteiger partial charge on any atom is -0.334 e. The van der Waals surface area contributed by atoms with Crippen molar-refractivity contribution < 1.29 is 13.2 Å². The van der Waals surface area contributed by atoms with Crippen LogP contribution in [0.15, 0.2) is 53.4 Å². The summed E-state index contributed by atoms with van der Waals surface area (Å²) in [6.45, 7) is 3.08. The number of carbonyl (C=O) groups is 1. The van der Waals surface area contributed by atoms with Gasteiger partial charge in [0.25, 0.3) is 5.91 Å². The number of nitrogens with one attached hydrogen (secondary N) is 1. The van der Waals surface area contributed by atoms with Gasteiger partial charge in [0.1, 0.15) is 0 Å².